The van der Waals surface area contributed by atoms with E-state index in [1.807, 2.05) is 0 Å². The zero-order valence-corrected chi connectivity index (χ0v) is 7.46. The molecule has 0 bridgehead atoms. The number of rotatable bonds is 1. The van der Waals surface area contributed by atoms with Gasteiger partial charge in [0.25, 0.3) is 5.56 Å². The Balaban J connectivity index is 2.83. The zero-order chi connectivity index (χ0) is 10.8. The molecule has 76 valence electrons. The van der Waals surface area contributed by atoms with Crippen LogP contribution in [0.2, 0.25) is 0 Å². The number of hydrogen-bond donors (Lipinski definition) is 1. The van der Waals surface area contributed by atoms with Gasteiger partial charge in [0.15, 0.2) is 11.0 Å². The molecule has 0 radical (unpaired) electrons. The third kappa shape index (κ3) is 1.39. The third-order valence-electron chi connectivity index (χ3n) is 1.63. The van der Waals surface area contributed by atoms with E-state index in [1.165, 1.54) is 7.11 Å². The second-order valence-corrected chi connectivity index (χ2v) is 2.47. The molecule has 0 saturated carbocycles. The molecular weight excluding hydrogens is 204 g/mol. The molecule has 15 heavy (non-hydrogen) atoms. The Bertz CT molecular complexity index is 578. The highest BCUT2D eigenvalue weighted by Crippen LogP contribution is 2.05. The molecule has 9 nitrogen and oxygen atoms in total. The monoisotopic (exact) mass is 208 g/mol. The molecule has 0 saturated heterocycles. The molecule has 2 heterocycles. The van der Waals surface area contributed by atoms with E-state index in [4.69, 9.17) is 0 Å². The SMILES string of the molecule is COC(=O)c1nnnc2c(=O)[nH]nnc12. The van der Waals surface area contributed by atoms with Crippen LogP contribution in [-0.2, 0) is 4.74 Å². The fraction of sp³-hybridized carbons (Fsp3) is 0.167. The summed E-state index contributed by atoms with van der Waals surface area (Å²) in [5.74, 6) is -0.755. The fourth-order valence-corrected chi connectivity index (χ4v) is 0.974. The predicted molar refractivity (Wildman–Crippen MR) is 44.9 cm³/mol. The molecule has 2 aromatic heterocycles. The van der Waals surface area contributed by atoms with Crippen LogP contribution >= 0.6 is 0 Å². The third-order valence-corrected chi connectivity index (χ3v) is 1.63. The largest absolute Gasteiger partial charge is 0.464 e. The van der Waals surface area contributed by atoms with E-state index in [0.717, 1.165) is 0 Å². The normalized spacial score (nSPS) is 10.2. The minimum absolute atomic E-state index is 0.0411. The lowest BCUT2D eigenvalue weighted by atomic mass is 10.3. The Labute approximate surface area is 81.5 Å². The Morgan fingerprint density at radius 2 is 2.07 bits per heavy atom. The van der Waals surface area contributed by atoms with E-state index in [9.17, 15) is 9.59 Å². The maximum Gasteiger partial charge on any atom is 0.361 e. The van der Waals surface area contributed by atoms with Crippen LogP contribution in [-0.4, -0.2) is 43.9 Å². The molecule has 0 aliphatic rings. The van der Waals surface area contributed by atoms with Gasteiger partial charge in [0.1, 0.15) is 0 Å². The number of nitrogens with one attached hydrogen (secondary N) is 1. The number of carbonyl (C=O) groups is 1. The van der Waals surface area contributed by atoms with Gasteiger partial charge in [0, 0.05) is 0 Å². The van der Waals surface area contributed by atoms with Crippen molar-refractivity contribution in [3.05, 3.63) is 16.0 Å². The summed E-state index contributed by atoms with van der Waals surface area (Å²) < 4.78 is 4.43. The van der Waals surface area contributed by atoms with Crippen molar-refractivity contribution < 1.29 is 9.53 Å². The highest BCUT2D eigenvalue weighted by Gasteiger charge is 2.17. The smallest absolute Gasteiger partial charge is 0.361 e. The number of fused-ring (bicyclic) bond motifs is 1. The van der Waals surface area contributed by atoms with Crippen LogP contribution in [0.4, 0.5) is 0 Å². The van der Waals surface area contributed by atoms with Gasteiger partial charge in [0.05, 0.1) is 7.11 Å². The summed E-state index contributed by atoms with van der Waals surface area (Å²) in [6.45, 7) is 0. The first kappa shape index (κ1) is 9.12. The molecule has 0 fully saturated rings. The van der Waals surface area contributed by atoms with Crippen molar-refractivity contribution >= 4 is 17.0 Å². The van der Waals surface area contributed by atoms with Crippen molar-refractivity contribution in [3.8, 4) is 0 Å². The molecule has 0 unspecified atom stereocenters. The van der Waals surface area contributed by atoms with Gasteiger partial charge in [0.2, 0.25) is 5.69 Å². The average Bonchev–Trinajstić information content (AvgIpc) is 2.28. The number of aromatic amines is 1. The fourth-order valence-electron chi connectivity index (χ4n) is 0.974. The Hall–Kier alpha value is -2.45. The van der Waals surface area contributed by atoms with E-state index < -0.39 is 11.5 Å². The van der Waals surface area contributed by atoms with Gasteiger partial charge in [-0.25, -0.2) is 9.89 Å². The van der Waals surface area contributed by atoms with E-state index in [-0.39, 0.29) is 16.7 Å². The van der Waals surface area contributed by atoms with Crippen molar-refractivity contribution in [2.75, 3.05) is 7.11 Å². The topological polar surface area (TPSA) is 124 Å². The summed E-state index contributed by atoms with van der Waals surface area (Å²) in [6.07, 6.45) is 0. The molecule has 9 heteroatoms. The maximum atomic E-state index is 11.2. The first-order valence-corrected chi connectivity index (χ1v) is 3.77. The van der Waals surface area contributed by atoms with Crippen molar-refractivity contribution in [2.45, 2.75) is 0 Å². The Morgan fingerprint density at radius 3 is 2.80 bits per heavy atom. The van der Waals surface area contributed by atoms with Crippen LogP contribution in [0, 0.1) is 0 Å². The summed E-state index contributed by atoms with van der Waals surface area (Å²) in [5.41, 5.74) is -0.942. The molecule has 2 aromatic rings. The maximum absolute atomic E-state index is 11.2. The van der Waals surface area contributed by atoms with Crippen molar-refractivity contribution in [2.24, 2.45) is 0 Å². The molecule has 0 aromatic carbocycles. The van der Waals surface area contributed by atoms with Gasteiger partial charge in [-0.1, -0.05) is 5.21 Å². The Morgan fingerprint density at radius 1 is 1.27 bits per heavy atom. The molecular formula is C6H4N6O3. The molecule has 0 atom stereocenters. The van der Waals surface area contributed by atoms with E-state index in [2.05, 4.69) is 35.6 Å². The van der Waals surface area contributed by atoms with Crippen molar-refractivity contribution in [3.63, 3.8) is 0 Å². The number of esters is 1. The van der Waals surface area contributed by atoms with Gasteiger partial charge >= 0.3 is 5.97 Å². The second kappa shape index (κ2) is 3.36. The van der Waals surface area contributed by atoms with Crippen LogP contribution in [0.5, 0.6) is 0 Å². The minimum atomic E-state index is -0.755. The molecule has 0 aliphatic carbocycles. The van der Waals surface area contributed by atoms with Crippen molar-refractivity contribution in [1.29, 1.82) is 0 Å². The van der Waals surface area contributed by atoms with Crippen molar-refractivity contribution in [1.82, 2.24) is 30.8 Å². The van der Waals surface area contributed by atoms with Gasteiger partial charge in [-0.15, -0.1) is 15.3 Å². The average molecular weight is 208 g/mol. The van der Waals surface area contributed by atoms with Crippen LogP contribution in [0.3, 0.4) is 0 Å². The Kier molecular flexibility index (Phi) is 2.04. The standard InChI is InChI=1S/C6H4N6O3/c1-15-6(14)4-2-3(8-11-9-4)5(13)10-12-7-2/h1H3,(H,7,10,13). The first-order chi connectivity index (χ1) is 7.24. The summed E-state index contributed by atoms with van der Waals surface area (Å²) in [6, 6.07) is 0. The lowest BCUT2D eigenvalue weighted by Gasteiger charge is -1.98. The van der Waals surface area contributed by atoms with Gasteiger partial charge in [-0.3, -0.25) is 4.79 Å². The second-order valence-electron chi connectivity index (χ2n) is 2.47. The minimum Gasteiger partial charge on any atom is -0.464 e. The number of nitrogens with zero attached hydrogens (tertiary/aromatic N) is 5. The van der Waals surface area contributed by atoms with E-state index >= 15 is 0 Å². The molecule has 0 spiro atoms. The van der Waals surface area contributed by atoms with Crippen LogP contribution in [0.25, 0.3) is 11.0 Å². The lowest BCUT2D eigenvalue weighted by molar-refractivity contribution is 0.0594. The van der Waals surface area contributed by atoms with Gasteiger partial charge in [-0.2, -0.15) is 0 Å². The summed E-state index contributed by atoms with van der Waals surface area (Å²) >= 11 is 0. The van der Waals surface area contributed by atoms with E-state index in [1.54, 1.807) is 0 Å². The number of ether oxygens (including phenoxy) is 1. The number of aromatic nitrogens is 6. The summed E-state index contributed by atoms with van der Waals surface area (Å²) in [5, 5.41) is 19.0. The van der Waals surface area contributed by atoms with Crippen LogP contribution < -0.4 is 5.56 Å². The van der Waals surface area contributed by atoms with Gasteiger partial charge in [-0.05, 0) is 5.21 Å². The van der Waals surface area contributed by atoms with Crippen LogP contribution in [0.15, 0.2) is 4.79 Å². The molecule has 2 rings (SSSR count). The molecule has 0 aliphatic heterocycles. The lowest BCUT2D eigenvalue weighted by Crippen LogP contribution is -2.17. The highest BCUT2D eigenvalue weighted by atomic mass is 16.5. The first-order valence-electron chi connectivity index (χ1n) is 3.77. The zero-order valence-electron chi connectivity index (χ0n) is 7.46. The molecule has 1 N–H and O–H groups in total. The number of hydrogen-bond acceptors (Lipinski definition) is 8. The van der Waals surface area contributed by atoms with Gasteiger partial charge < -0.3 is 4.74 Å². The van der Waals surface area contributed by atoms with E-state index in [0.29, 0.717) is 0 Å². The highest BCUT2D eigenvalue weighted by molar-refractivity contribution is 5.98. The number of methoxy groups -OCH3 is 1. The quantitative estimate of drug-likeness (QED) is 0.549. The van der Waals surface area contributed by atoms with Crippen LogP contribution in [0.1, 0.15) is 10.5 Å². The summed E-state index contributed by atoms with van der Waals surface area (Å²) in [4.78, 5) is 22.4. The number of H-pyrrole nitrogens is 1. The number of carbonyl (C=O) groups excluding carboxylic acids is 1. The molecule has 0 amide bonds. The predicted octanol–water partition coefficient (Wildman–Crippen LogP) is -1.71. The summed E-state index contributed by atoms with van der Waals surface area (Å²) in [7, 11) is 1.18.